The van der Waals surface area contributed by atoms with Crippen molar-refractivity contribution in [3.05, 3.63) is 96.6 Å². The Morgan fingerprint density at radius 2 is 1.41 bits per heavy atom. The molecule has 0 saturated carbocycles. The van der Waals surface area contributed by atoms with Gasteiger partial charge in [-0.1, -0.05) is 0 Å². The molecule has 2 saturated heterocycles. The summed E-state index contributed by atoms with van der Waals surface area (Å²) in [6.45, 7) is 4.88. The van der Waals surface area contributed by atoms with Crippen LogP contribution in [0.25, 0.3) is 0 Å². The van der Waals surface area contributed by atoms with Crippen LogP contribution in [0.1, 0.15) is 26.3 Å². The van der Waals surface area contributed by atoms with E-state index in [2.05, 4.69) is 5.32 Å². The summed E-state index contributed by atoms with van der Waals surface area (Å²) in [5.74, 6) is -0.561. The number of aliphatic hydroxyl groups excluding tert-OH is 1. The van der Waals surface area contributed by atoms with E-state index in [1.807, 2.05) is 73.7 Å². The number of anilines is 1. The van der Waals surface area contributed by atoms with E-state index in [-0.39, 0.29) is 28.4 Å². The van der Waals surface area contributed by atoms with Gasteiger partial charge in [-0.2, -0.15) is 0 Å². The van der Waals surface area contributed by atoms with Crippen LogP contribution in [-0.4, -0.2) is 106 Å². The van der Waals surface area contributed by atoms with Crippen molar-refractivity contribution in [3.8, 4) is 0 Å². The molecule has 5 rings (SSSR count). The molecule has 0 spiro atoms. The summed E-state index contributed by atoms with van der Waals surface area (Å²) in [6.07, 6.45) is -9.46. The Morgan fingerprint density at radius 1 is 0.776 bits per heavy atom. The number of ether oxygens (including phenoxy) is 8. The number of hydrogen-bond donors (Lipinski definition) is 2. The van der Waals surface area contributed by atoms with Gasteiger partial charge in [0, 0.05) is 0 Å². The molecule has 0 radical (unpaired) electrons. The fourth-order valence-electron chi connectivity index (χ4n) is 5.72. The van der Waals surface area contributed by atoms with Gasteiger partial charge in [0.1, 0.15) is 0 Å². The molecule has 13 heteroatoms. The number of carbonyl (C=O) groups excluding carboxylic acids is 2. The monoisotopic (exact) mass is 745 g/mol. The molecular formula is C36H43NO11Se. The van der Waals surface area contributed by atoms with Crippen molar-refractivity contribution in [3.63, 3.8) is 0 Å². The maximum absolute atomic E-state index is 13.5. The van der Waals surface area contributed by atoms with Crippen LogP contribution in [0.5, 0.6) is 0 Å². The second-order valence-corrected chi connectivity index (χ2v) is 14.1. The van der Waals surface area contributed by atoms with Crippen LogP contribution < -0.4 is 9.78 Å². The number of para-hydroxylation sites is 1. The molecule has 2 aliphatic heterocycles. The standard InChI is InChI=1S/C36H43NO11Se/c1-22-29(42-20-25-14-8-5-9-15-25)32(47-34-28(39)31(43-21-41-4)30(23(2)44-34)46-24(3)38)33(35(45-22)49-27-18-12-7-13-19-27)48-36(40)37-26-16-10-6-11-17-26/h5-19,22-23,28-35,39H,20-21H2,1-4H3,(H,37,40)/t22-,23-,28-,29-,30+,31-,32+,33-,34+,35+/m1/s1. The van der Waals surface area contributed by atoms with Gasteiger partial charge in [0.15, 0.2) is 0 Å². The molecule has 0 aromatic heterocycles. The van der Waals surface area contributed by atoms with Crippen molar-refractivity contribution in [1.82, 2.24) is 0 Å². The molecule has 10 atom stereocenters. The predicted molar refractivity (Wildman–Crippen MR) is 179 cm³/mol. The van der Waals surface area contributed by atoms with E-state index in [4.69, 9.17) is 37.9 Å². The van der Waals surface area contributed by atoms with Gasteiger partial charge in [0.25, 0.3) is 0 Å². The second-order valence-electron chi connectivity index (χ2n) is 11.7. The first-order chi connectivity index (χ1) is 23.7. The van der Waals surface area contributed by atoms with Crippen LogP contribution >= 0.6 is 0 Å². The van der Waals surface area contributed by atoms with E-state index >= 15 is 0 Å². The molecule has 1 amide bonds. The van der Waals surface area contributed by atoms with Crippen molar-refractivity contribution in [1.29, 1.82) is 0 Å². The van der Waals surface area contributed by atoms with Crippen LogP contribution in [0.2, 0.25) is 0 Å². The van der Waals surface area contributed by atoms with E-state index in [9.17, 15) is 14.7 Å². The zero-order valence-electron chi connectivity index (χ0n) is 27.8. The van der Waals surface area contributed by atoms with E-state index in [0.717, 1.165) is 10.0 Å². The summed E-state index contributed by atoms with van der Waals surface area (Å²) in [6, 6.07) is 28.4. The zero-order valence-corrected chi connectivity index (χ0v) is 29.5. The summed E-state index contributed by atoms with van der Waals surface area (Å²) in [4.78, 5) is 25.4. The Kier molecular flexibility index (Phi) is 13.6. The number of esters is 1. The predicted octanol–water partition coefficient (Wildman–Crippen LogP) is 3.38. The Balaban J connectivity index is 1.48. The molecular weight excluding hydrogens is 701 g/mol. The van der Waals surface area contributed by atoms with Gasteiger partial charge in [-0.15, -0.1) is 0 Å². The van der Waals surface area contributed by atoms with Crippen LogP contribution in [0.4, 0.5) is 10.5 Å². The molecule has 3 aromatic carbocycles. The summed E-state index contributed by atoms with van der Waals surface area (Å²) >= 11 is -0.344. The SMILES string of the molecule is COCO[C@@H]1[C@@H](O)[C@H](O[C@@H]2[C@@H](OC(=O)Nc3ccccc3)[C@H]([Se]c3ccccc3)O[C@H](C)[C@H]2OCc2ccccc2)O[C@H](C)[C@@H]1OC(C)=O. The maximum atomic E-state index is 13.5. The summed E-state index contributed by atoms with van der Waals surface area (Å²) < 4.78 is 49.4. The van der Waals surface area contributed by atoms with E-state index < -0.39 is 72.2 Å². The average molecular weight is 745 g/mol. The third kappa shape index (κ3) is 10.1. The molecule has 12 nitrogen and oxygen atoms in total. The Bertz CT molecular complexity index is 1450. The first-order valence-corrected chi connectivity index (χ1v) is 17.9. The number of rotatable bonds is 13. The molecule has 2 N–H and O–H groups in total. The first kappa shape index (κ1) is 36.9. The first-order valence-electron chi connectivity index (χ1n) is 16.1. The zero-order chi connectivity index (χ0) is 34.8. The number of methoxy groups -OCH3 is 1. The fraction of sp³-hybridized carbons (Fsp3) is 0.444. The quantitative estimate of drug-likeness (QED) is 0.151. The second kappa shape index (κ2) is 18.0. The van der Waals surface area contributed by atoms with Gasteiger partial charge < -0.3 is 0 Å². The number of benzene rings is 3. The van der Waals surface area contributed by atoms with Crippen LogP contribution in [0.3, 0.4) is 0 Å². The van der Waals surface area contributed by atoms with Gasteiger partial charge >= 0.3 is 293 Å². The van der Waals surface area contributed by atoms with E-state index in [1.165, 1.54) is 14.0 Å². The number of nitrogens with one attached hydrogen (secondary N) is 1. The molecule has 264 valence electrons. The van der Waals surface area contributed by atoms with Crippen molar-refractivity contribution in [2.24, 2.45) is 0 Å². The number of aliphatic hydroxyl groups is 1. The van der Waals surface area contributed by atoms with Crippen LogP contribution in [0, 0.1) is 0 Å². The van der Waals surface area contributed by atoms with Gasteiger partial charge in [-0.05, 0) is 0 Å². The molecule has 2 fully saturated rings. The third-order valence-corrected chi connectivity index (χ3v) is 10.4. The molecule has 49 heavy (non-hydrogen) atoms. The molecule has 2 heterocycles. The minimum atomic E-state index is -1.43. The van der Waals surface area contributed by atoms with Crippen molar-refractivity contribution >= 4 is 37.2 Å². The molecule has 0 aliphatic carbocycles. The molecule has 2 aliphatic rings. The normalized spacial score (nSPS) is 29.9. The Morgan fingerprint density at radius 3 is 2.06 bits per heavy atom. The minimum absolute atomic E-state index is 0.177. The molecule has 0 bridgehead atoms. The molecule has 3 aromatic rings. The number of hydrogen-bond acceptors (Lipinski definition) is 11. The van der Waals surface area contributed by atoms with Gasteiger partial charge in [0.2, 0.25) is 0 Å². The third-order valence-electron chi connectivity index (χ3n) is 7.99. The Labute approximate surface area is 292 Å². The summed E-state index contributed by atoms with van der Waals surface area (Å²) in [5.41, 5.74) is 1.47. The van der Waals surface area contributed by atoms with Crippen molar-refractivity contribution in [2.75, 3.05) is 19.2 Å². The van der Waals surface area contributed by atoms with Crippen molar-refractivity contribution < 1.29 is 52.6 Å². The van der Waals surface area contributed by atoms with E-state index in [1.54, 1.807) is 31.2 Å². The van der Waals surface area contributed by atoms with Gasteiger partial charge in [0.05, 0.1) is 0 Å². The summed E-state index contributed by atoms with van der Waals surface area (Å²) in [5, 5.41) is 13.8. The summed E-state index contributed by atoms with van der Waals surface area (Å²) in [7, 11) is 1.44. The average Bonchev–Trinajstić information content (AvgIpc) is 3.09. The van der Waals surface area contributed by atoms with Crippen molar-refractivity contribution in [2.45, 2.75) is 87.5 Å². The van der Waals surface area contributed by atoms with Crippen LogP contribution in [0.15, 0.2) is 91.0 Å². The fourth-order valence-corrected chi connectivity index (χ4v) is 8.15. The van der Waals surface area contributed by atoms with E-state index in [0.29, 0.717) is 5.69 Å². The van der Waals surface area contributed by atoms with Gasteiger partial charge in [-0.3, -0.25) is 0 Å². The van der Waals surface area contributed by atoms with Crippen LogP contribution in [-0.2, 0) is 49.3 Å². The topological polar surface area (TPSA) is 140 Å². The molecule has 0 unspecified atom stereocenters. The Hall–Kier alpha value is -3.36. The number of carbonyl (C=O) groups is 2. The number of amides is 1. The van der Waals surface area contributed by atoms with Gasteiger partial charge in [-0.25, -0.2) is 0 Å².